The van der Waals surface area contributed by atoms with Crippen LogP contribution in [0.3, 0.4) is 0 Å². The highest BCUT2D eigenvalue weighted by Gasteiger charge is 2.29. The minimum atomic E-state index is -3.67. The van der Waals surface area contributed by atoms with E-state index in [9.17, 15) is 13.2 Å². The zero-order valence-corrected chi connectivity index (χ0v) is 17.9. The van der Waals surface area contributed by atoms with Crippen LogP contribution in [0.4, 0.5) is 5.69 Å². The smallest absolute Gasteiger partial charge is 0.248 e. The normalized spacial score (nSPS) is 15.1. The van der Waals surface area contributed by atoms with E-state index in [2.05, 4.69) is 5.32 Å². The number of piperidine rings is 1. The molecule has 1 fully saturated rings. The number of para-hydroxylation sites is 2. The molecule has 1 amide bonds. The van der Waals surface area contributed by atoms with E-state index >= 15 is 0 Å². The van der Waals surface area contributed by atoms with Crippen molar-refractivity contribution < 1.29 is 22.7 Å². The summed E-state index contributed by atoms with van der Waals surface area (Å²) in [6.07, 6.45) is 5.66. The average molecular weight is 431 g/mol. The Kier molecular flexibility index (Phi) is 7.12. The van der Waals surface area contributed by atoms with Crippen LogP contribution >= 0.6 is 0 Å². The Bertz CT molecular complexity index is 1030. The number of sulfonamides is 1. The zero-order chi connectivity index (χ0) is 21.6. The van der Waals surface area contributed by atoms with Crippen molar-refractivity contribution in [3.05, 3.63) is 54.1 Å². The molecule has 1 N–H and O–H groups in total. The van der Waals surface area contributed by atoms with Gasteiger partial charge in [0.15, 0.2) is 0 Å². The highest BCUT2D eigenvalue weighted by atomic mass is 32.2. The number of amides is 1. The summed E-state index contributed by atoms with van der Waals surface area (Å²) in [5, 5.41) is 2.75. The van der Waals surface area contributed by atoms with E-state index < -0.39 is 10.0 Å². The molecule has 0 bridgehead atoms. The lowest BCUT2D eigenvalue weighted by Crippen LogP contribution is -2.35. The Morgan fingerprint density at radius 1 is 1.00 bits per heavy atom. The molecule has 30 heavy (non-hydrogen) atoms. The molecule has 2 aromatic rings. The molecule has 1 heterocycles. The van der Waals surface area contributed by atoms with Crippen LogP contribution in [-0.2, 0) is 14.8 Å². The summed E-state index contributed by atoms with van der Waals surface area (Å²) in [6.45, 7) is 1.01. The molecule has 1 saturated heterocycles. The Labute approximate surface area is 177 Å². The van der Waals surface area contributed by atoms with Crippen LogP contribution in [0.25, 0.3) is 6.08 Å². The first-order valence-corrected chi connectivity index (χ1v) is 11.2. The topological polar surface area (TPSA) is 84.9 Å². The van der Waals surface area contributed by atoms with Gasteiger partial charge in [-0.3, -0.25) is 4.79 Å². The monoisotopic (exact) mass is 430 g/mol. The van der Waals surface area contributed by atoms with E-state index in [1.807, 2.05) is 6.07 Å². The van der Waals surface area contributed by atoms with Gasteiger partial charge in [-0.1, -0.05) is 24.6 Å². The van der Waals surface area contributed by atoms with Crippen molar-refractivity contribution in [1.29, 1.82) is 0 Å². The van der Waals surface area contributed by atoms with Crippen LogP contribution in [-0.4, -0.2) is 45.9 Å². The van der Waals surface area contributed by atoms with Gasteiger partial charge in [0.25, 0.3) is 0 Å². The molecule has 160 valence electrons. The van der Waals surface area contributed by atoms with Gasteiger partial charge < -0.3 is 14.8 Å². The predicted molar refractivity (Wildman–Crippen MR) is 116 cm³/mol. The lowest BCUT2D eigenvalue weighted by atomic mass is 10.2. The van der Waals surface area contributed by atoms with E-state index in [1.165, 1.54) is 30.7 Å². The fraction of sp³-hybridized carbons (Fsp3) is 0.318. The van der Waals surface area contributed by atoms with E-state index in [0.717, 1.165) is 19.3 Å². The van der Waals surface area contributed by atoms with Crippen LogP contribution < -0.4 is 14.8 Å². The highest BCUT2D eigenvalue weighted by Crippen LogP contribution is 2.30. The standard InChI is InChI=1S/C22H26N2O5S/c1-28-19-9-5-4-8-18(19)23-22(25)13-11-17-10-12-20(29-2)21(16-17)30(26,27)24-14-6-3-7-15-24/h4-5,8-13,16H,3,6-7,14-15H2,1-2H3,(H,23,25). The maximum atomic E-state index is 13.1. The molecule has 8 heteroatoms. The second-order valence-corrected chi connectivity index (χ2v) is 8.80. The fourth-order valence-electron chi connectivity index (χ4n) is 3.34. The fourth-order valence-corrected chi connectivity index (χ4v) is 5.04. The number of carbonyl (C=O) groups excluding carboxylic acids is 1. The van der Waals surface area contributed by atoms with Crippen molar-refractivity contribution in [3.8, 4) is 11.5 Å². The lowest BCUT2D eigenvalue weighted by molar-refractivity contribution is -0.111. The van der Waals surface area contributed by atoms with Gasteiger partial charge in [0.05, 0.1) is 19.9 Å². The zero-order valence-electron chi connectivity index (χ0n) is 17.1. The molecule has 0 radical (unpaired) electrons. The minimum absolute atomic E-state index is 0.110. The average Bonchev–Trinajstić information content (AvgIpc) is 2.78. The Balaban J connectivity index is 1.81. The van der Waals surface area contributed by atoms with Crippen molar-refractivity contribution in [2.24, 2.45) is 0 Å². The summed E-state index contributed by atoms with van der Waals surface area (Å²) in [5.41, 5.74) is 1.14. The molecule has 0 aliphatic carbocycles. The largest absolute Gasteiger partial charge is 0.495 e. The highest BCUT2D eigenvalue weighted by molar-refractivity contribution is 7.89. The molecule has 7 nitrogen and oxygen atoms in total. The number of ether oxygens (including phenoxy) is 2. The number of methoxy groups -OCH3 is 2. The number of anilines is 1. The van der Waals surface area contributed by atoms with Crippen LogP contribution in [0.15, 0.2) is 53.4 Å². The molecule has 0 spiro atoms. The number of rotatable bonds is 7. The van der Waals surface area contributed by atoms with Crippen LogP contribution in [0.1, 0.15) is 24.8 Å². The molecular formula is C22H26N2O5S. The van der Waals surface area contributed by atoms with Gasteiger partial charge >= 0.3 is 0 Å². The number of nitrogens with one attached hydrogen (secondary N) is 1. The van der Waals surface area contributed by atoms with Gasteiger partial charge in [-0.25, -0.2) is 8.42 Å². The van der Waals surface area contributed by atoms with Gasteiger partial charge in [-0.2, -0.15) is 4.31 Å². The number of hydrogen-bond acceptors (Lipinski definition) is 5. The molecule has 2 aromatic carbocycles. The molecule has 1 aliphatic heterocycles. The molecule has 3 rings (SSSR count). The molecule has 0 unspecified atom stereocenters. The van der Waals surface area contributed by atoms with E-state index in [1.54, 1.807) is 36.4 Å². The van der Waals surface area contributed by atoms with Crippen LogP contribution in [0, 0.1) is 0 Å². The Hall–Kier alpha value is -2.84. The van der Waals surface area contributed by atoms with Gasteiger partial charge in [-0.05, 0) is 48.7 Å². The molecular weight excluding hydrogens is 404 g/mol. The number of carbonyl (C=O) groups is 1. The van der Waals surface area contributed by atoms with Gasteiger partial charge in [0, 0.05) is 19.2 Å². The van der Waals surface area contributed by atoms with Crippen molar-refractivity contribution >= 4 is 27.7 Å². The summed E-state index contributed by atoms with van der Waals surface area (Å²) in [4.78, 5) is 12.4. The second-order valence-electron chi connectivity index (χ2n) is 6.90. The van der Waals surface area contributed by atoms with E-state index in [4.69, 9.17) is 9.47 Å². The maximum absolute atomic E-state index is 13.1. The number of nitrogens with zero attached hydrogens (tertiary/aromatic N) is 1. The van der Waals surface area contributed by atoms with Crippen LogP contribution in [0.2, 0.25) is 0 Å². The van der Waals surface area contributed by atoms with Crippen molar-refractivity contribution in [2.45, 2.75) is 24.2 Å². The van der Waals surface area contributed by atoms with Gasteiger partial charge in [0.1, 0.15) is 16.4 Å². The van der Waals surface area contributed by atoms with E-state index in [-0.39, 0.29) is 16.6 Å². The number of benzene rings is 2. The summed E-state index contributed by atoms with van der Waals surface area (Å²) in [6, 6.07) is 11.9. The minimum Gasteiger partial charge on any atom is -0.495 e. The van der Waals surface area contributed by atoms with Gasteiger partial charge in [-0.15, -0.1) is 0 Å². The van der Waals surface area contributed by atoms with Gasteiger partial charge in [0.2, 0.25) is 15.9 Å². The molecule has 1 aliphatic rings. The Morgan fingerprint density at radius 3 is 2.40 bits per heavy atom. The lowest BCUT2D eigenvalue weighted by Gasteiger charge is -2.26. The predicted octanol–water partition coefficient (Wildman–Crippen LogP) is 3.53. The summed E-state index contributed by atoms with van der Waals surface area (Å²) >= 11 is 0. The third-order valence-corrected chi connectivity index (χ3v) is 6.83. The second kappa shape index (κ2) is 9.77. The summed E-state index contributed by atoms with van der Waals surface area (Å²) in [5.74, 6) is 0.491. The van der Waals surface area contributed by atoms with Crippen LogP contribution in [0.5, 0.6) is 11.5 Å². The third kappa shape index (κ3) is 5.01. The summed E-state index contributed by atoms with van der Waals surface area (Å²) in [7, 11) is -0.691. The maximum Gasteiger partial charge on any atom is 0.248 e. The van der Waals surface area contributed by atoms with Crippen molar-refractivity contribution in [1.82, 2.24) is 4.31 Å². The quantitative estimate of drug-likeness (QED) is 0.680. The third-order valence-electron chi connectivity index (χ3n) is 4.91. The SMILES string of the molecule is COc1ccccc1NC(=O)C=Cc1ccc(OC)c(S(=O)(=O)N2CCCCC2)c1. The van der Waals surface area contributed by atoms with Crippen molar-refractivity contribution in [2.75, 3.05) is 32.6 Å². The van der Waals surface area contributed by atoms with E-state index in [0.29, 0.717) is 30.1 Å². The number of hydrogen-bond donors (Lipinski definition) is 1. The summed E-state index contributed by atoms with van der Waals surface area (Å²) < 4.78 is 38.2. The molecule has 0 aromatic heterocycles. The first-order chi connectivity index (χ1) is 14.5. The Morgan fingerprint density at radius 2 is 1.70 bits per heavy atom. The van der Waals surface area contributed by atoms with Crippen molar-refractivity contribution in [3.63, 3.8) is 0 Å². The first kappa shape index (κ1) is 21.9. The molecule has 0 saturated carbocycles. The first-order valence-electron chi connectivity index (χ1n) is 9.76. The molecule has 0 atom stereocenters.